The quantitative estimate of drug-likeness (QED) is 0.806. The molecule has 0 bridgehead atoms. The molecule has 0 aliphatic heterocycles. The van der Waals surface area contributed by atoms with Crippen molar-refractivity contribution < 1.29 is 0 Å². The highest BCUT2D eigenvalue weighted by Gasteiger charge is 2.10. The average molecular weight is 233 g/mol. The van der Waals surface area contributed by atoms with E-state index in [0.717, 1.165) is 13.0 Å². The smallest absolute Gasteiger partial charge is 0.00965 e. The normalized spacial score (nSPS) is 13.7. The summed E-state index contributed by atoms with van der Waals surface area (Å²) in [6.45, 7) is 12.3. The van der Waals surface area contributed by atoms with E-state index in [1.165, 1.54) is 17.5 Å². The zero-order chi connectivity index (χ0) is 12.9. The third-order valence-electron chi connectivity index (χ3n) is 3.16. The Morgan fingerprint density at radius 2 is 1.94 bits per heavy atom. The van der Waals surface area contributed by atoms with Crippen molar-refractivity contribution in [2.75, 3.05) is 6.54 Å². The van der Waals surface area contributed by atoms with Crippen molar-refractivity contribution in [1.29, 1.82) is 0 Å². The van der Waals surface area contributed by atoms with Gasteiger partial charge in [0, 0.05) is 5.54 Å². The summed E-state index contributed by atoms with van der Waals surface area (Å²) in [4.78, 5) is 0. The predicted molar refractivity (Wildman–Crippen MR) is 76.6 cm³/mol. The lowest BCUT2D eigenvalue weighted by atomic mass is 9.95. The molecule has 0 saturated carbocycles. The number of benzene rings is 1. The molecule has 0 aliphatic rings. The van der Waals surface area contributed by atoms with Crippen LogP contribution < -0.4 is 5.32 Å². The summed E-state index contributed by atoms with van der Waals surface area (Å²) < 4.78 is 0. The van der Waals surface area contributed by atoms with E-state index in [0.29, 0.717) is 5.92 Å². The van der Waals surface area contributed by atoms with E-state index in [-0.39, 0.29) is 5.54 Å². The van der Waals surface area contributed by atoms with Gasteiger partial charge in [-0.25, -0.2) is 0 Å². The molecular formula is C16H27N. The zero-order valence-electron chi connectivity index (χ0n) is 12.0. The van der Waals surface area contributed by atoms with Crippen LogP contribution >= 0.6 is 0 Å². The van der Waals surface area contributed by atoms with E-state index in [1.807, 2.05) is 0 Å². The minimum Gasteiger partial charge on any atom is -0.312 e. The number of rotatable bonds is 5. The van der Waals surface area contributed by atoms with Crippen molar-refractivity contribution in [3.8, 4) is 0 Å². The SMILES string of the molecule is CCc1cccc(C(C)CCNC(C)(C)C)c1. The number of hydrogen-bond donors (Lipinski definition) is 1. The predicted octanol–water partition coefficient (Wildman–Crippen LogP) is 4.13. The fraction of sp³-hybridized carbons (Fsp3) is 0.625. The Morgan fingerprint density at radius 1 is 1.24 bits per heavy atom. The molecule has 0 aliphatic carbocycles. The number of hydrogen-bond acceptors (Lipinski definition) is 1. The largest absolute Gasteiger partial charge is 0.312 e. The monoisotopic (exact) mass is 233 g/mol. The van der Waals surface area contributed by atoms with Gasteiger partial charge in [0.15, 0.2) is 0 Å². The van der Waals surface area contributed by atoms with Crippen LogP contribution in [0.15, 0.2) is 24.3 Å². The van der Waals surface area contributed by atoms with Gasteiger partial charge < -0.3 is 5.32 Å². The summed E-state index contributed by atoms with van der Waals surface area (Å²) >= 11 is 0. The van der Waals surface area contributed by atoms with Crippen molar-refractivity contribution in [2.24, 2.45) is 0 Å². The third kappa shape index (κ3) is 5.36. The first-order chi connectivity index (χ1) is 7.92. The molecule has 0 heterocycles. The molecule has 0 radical (unpaired) electrons. The van der Waals surface area contributed by atoms with E-state index < -0.39 is 0 Å². The lowest BCUT2D eigenvalue weighted by Gasteiger charge is -2.22. The van der Waals surface area contributed by atoms with Crippen LogP contribution in [0.5, 0.6) is 0 Å². The first-order valence-electron chi connectivity index (χ1n) is 6.76. The molecule has 0 amide bonds. The Morgan fingerprint density at radius 3 is 2.53 bits per heavy atom. The number of nitrogens with one attached hydrogen (secondary N) is 1. The average Bonchev–Trinajstić information content (AvgIpc) is 2.27. The van der Waals surface area contributed by atoms with Crippen LogP contribution in [0.4, 0.5) is 0 Å². The summed E-state index contributed by atoms with van der Waals surface area (Å²) in [5.74, 6) is 0.636. The van der Waals surface area contributed by atoms with Gasteiger partial charge in [-0.05, 0) is 57.2 Å². The van der Waals surface area contributed by atoms with Crippen LogP contribution in [0, 0.1) is 0 Å². The Kier molecular flexibility index (Phi) is 5.20. The Labute approximate surface area is 107 Å². The number of aryl methyl sites for hydroxylation is 1. The van der Waals surface area contributed by atoms with Crippen molar-refractivity contribution in [2.45, 2.75) is 58.9 Å². The summed E-state index contributed by atoms with van der Waals surface area (Å²) in [6.07, 6.45) is 2.32. The van der Waals surface area contributed by atoms with E-state index in [2.05, 4.69) is 64.2 Å². The van der Waals surface area contributed by atoms with Gasteiger partial charge >= 0.3 is 0 Å². The lowest BCUT2D eigenvalue weighted by Crippen LogP contribution is -2.36. The van der Waals surface area contributed by atoms with Gasteiger partial charge in [-0.2, -0.15) is 0 Å². The van der Waals surface area contributed by atoms with Gasteiger partial charge in [-0.3, -0.25) is 0 Å². The lowest BCUT2D eigenvalue weighted by molar-refractivity contribution is 0.413. The Hall–Kier alpha value is -0.820. The minimum absolute atomic E-state index is 0.227. The zero-order valence-corrected chi connectivity index (χ0v) is 12.0. The van der Waals surface area contributed by atoms with Gasteiger partial charge in [0.1, 0.15) is 0 Å². The van der Waals surface area contributed by atoms with Gasteiger partial charge in [-0.15, -0.1) is 0 Å². The Balaban J connectivity index is 2.49. The van der Waals surface area contributed by atoms with E-state index in [9.17, 15) is 0 Å². The molecule has 1 unspecified atom stereocenters. The molecular weight excluding hydrogens is 206 g/mol. The molecule has 0 spiro atoms. The second-order valence-electron chi connectivity index (χ2n) is 5.97. The van der Waals surface area contributed by atoms with E-state index >= 15 is 0 Å². The van der Waals surface area contributed by atoms with Gasteiger partial charge in [0.2, 0.25) is 0 Å². The Bertz CT molecular complexity index is 336. The van der Waals surface area contributed by atoms with Gasteiger partial charge in [-0.1, -0.05) is 38.1 Å². The highest BCUT2D eigenvalue weighted by Crippen LogP contribution is 2.20. The van der Waals surface area contributed by atoms with E-state index in [4.69, 9.17) is 0 Å². The van der Waals surface area contributed by atoms with Crippen LogP contribution in [0.3, 0.4) is 0 Å². The highest BCUT2D eigenvalue weighted by molar-refractivity contribution is 5.26. The molecule has 1 rings (SSSR count). The minimum atomic E-state index is 0.227. The second-order valence-corrected chi connectivity index (χ2v) is 5.97. The summed E-state index contributed by atoms with van der Waals surface area (Å²) in [5.41, 5.74) is 3.14. The van der Waals surface area contributed by atoms with E-state index in [1.54, 1.807) is 0 Å². The van der Waals surface area contributed by atoms with Crippen molar-refractivity contribution in [3.63, 3.8) is 0 Å². The molecule has 1 aromatic carbocycles. The molecule has 1 heteroatoms. The third-order valence-corrected chi connectivity index (χ3v) is 3.16. The van der Waals surface area contributed by atoms with Crippen LogP contribution in [-0.4, -0.2) is 12.1 Å². The van der Waals surface area contributed by atoms with Crippen LogP contribution in [0.2, 0.25) is 0 Å². The highest BCUT2D eigenvalue weighted by atomic mass is 14.9. The summed E-state index contributed by atoms with van der Waals surface area (Å²) in [5, 5.41) is 3.55. The first kappa shape index (κ1) is 14.2. The summed E-state index contributed by atoms with van der Waals surface area (Å²) in [6, 6.07) is 8.99. The molecule has 1 N–H and O–H groups in total. The fourth-order valence-corrected chi connectivity index (χ4v) is 1.95. The molecule has 1 atom stereocenters. The molecule has 1 aromatic rings. The van der Waals surface area contributed by atoms with Gasteiger partial charge in [0.05, 0.1) is 0 Å². The fourth-order valence-electron chi connectivity index (χ4n) is 1.95. The molecule has 0 saturated heterocycles. The van der Waals surface area contributed by atoms with Crippen molar-refractivity contribution in [3.05, 3.63) is 35.4 Å². The topological polar surface area (TPSA) is 12.0 Å². The van der Waals surface area contributed by atoms with Crippen molar-refractivity contribution in [1.82, 2.24) is 5.32 Å². The maximum Gasteiger partial charge on any atom is 0.00965 e. The molecule has 17 heavy (non-hydrogen) atoms. The molecule has 1 nitrogen and oxygen atoms in total. The van der Waals surface area contributed by atoms with Crippen LogP contribution in [-0.2, 0) is 6.42 Å². The summed E-state index contributed by atoms with van der Waals surface area (Å²) in [7, 11) is 0. The molecule has 0 fully saturated rings. The van der Waals surface area contributed by atoms with Crippen LogP contribution in [0.1, 0.15) is 58.1 Å². The molecule has 0 aromatic heterocycles. The first-order valence-corrected chi connectivity index (χ1v) is 6.76. The maximum atomic E-state index is 3.55. The second kappa shape index (κ2) is 6.20. The standard InChI is InChI=1S/C16H27N/c1-6-14-8-7-9-15(12-14)13(2)10-11-17-16(3,4)5/h7-9,12-13,17H,6,10-11H2,1-5H3. The maximum absolute atomic E-state index is 3.55. The van der Waals surface area contributed by atoms with Crippen molar-refractivity contribution >= 4 is 0 Å². The van der Waals surface area contributed by atoms with Gasteiger partial charge in [0.25, 0.3) is 0 Å². The molecule has 96 valence electrons. The van der Waals surface area contributed by atoms with Crippen LogP contribution in [0.25, 0.3) is 0 Å².